The number of rotatable bonds is 2. The van der Waals surface area contributed by atoms with Crippen LogP contribution in [0, 0.1) is 0 Å². The van der Waals surface area contributed by atoms with Gasteiger partial charge in [-0.15, -0.1) is 0 Å². The molecular formula is C8H16N2O5. The SMILES string of the molecule is CC(=O)N[C@@H]1[C@@H](O)[C@H](O)[C@@H](CO)O[C@@H]1N. The van der Waals surface area contributed by atoms with Gasteiger partial charge in [0.1, 0.15) is 24.5 Å². The number of amides is 1. The zero-order valence-electron chi connectivity index (χ0n) is 8.33. The highest BCUT2D eigenvalue weighted by atomic mass is 16.5. The van der Waals surface area contributed by atoms with E-state index in [-0.39, 0.29) is 5.91 Å². The largest absolute Gasteiger partial charge is 0.394 e. The van der Waals surface area contributed by atoms with Crippen LogP contribution in [0.3, 0.4) is 0 Å². The Labute approximate surface area is 86.8 Å². The summed E-state index contributed by atoms with van der Waals surface area (Å²) in [5, 5.41) is 30.3. The Balaban J connectivity index is 2.70. The summed E-state index contributed by atoms with van der Waals surface area (Å²) in [5.41, 5.74) is 5.53. The van der Waals surface area contributed by atoms with Gasteiger partial charge in [0.25, 0.3) is 0 Å². The molecule has 0 aliphatic carbocycles. The Kier molecular flexibility index (Phi) is 4.00. The van der Waals surface area contributed by atoms with Crippen molar-refractivity contribution in [2.75, 3.05) is 6.61 Å². The van der Waals surface area contributed by atoms with E-state index in [1.807, 2.05) is 0 Å². The van der Waals surface area contributed by atoms with E-state index in [2.05, 4.69) is 5.32 Å². The van der Waals surface area contributed by atoms with Gasteiger partial charge in [0.2, 0.25) is 5.91 Å². The number of carbonyl (C=O) groups is 1. The van der Waals surface area contributed by atoms with Crippen molar-refractivity contribution in [2.24, 2.45) is 5.73 Å². The van der Waals surface area contributed by atoms with Crippen molar-refractivity contribution >= 4 is 5.91 Å². The molecule has 7 nitrogen and oxygen atoms in total. The van der Waals surface area contributed by atoms with E-state index in [9.17, 15) is 15.0 Å². The zero-order valence-corrected chi connectivity index (χ0v) is 8.33. The van der Waals surface area contributed by atoms with Gasteiger partial charge in [-0.25, -0.2) is 0 Å². The average molecular weight is 220 g/mol. The Morgan fingerprint density at radius 3 is 2.53 bits per heavy atom. The standard InChI is InChI=1S/C8H16N2O5/c1-3(12)10-5-7(14)6(13)4(2-11)15-8(5)9/h4-8,11,13-14H,2,9H2,1H3,(H,10,12)/t4-,5-,6-,7-,8+/m1/s1. The molecule has 88 valence electrons. The van der Waals surface area contributed by atoms with Crippen LogP contribution in [-0.4, -0.2) is 58.4 Å². The van der Waals surface area contributed by atoms with E-state index in [4.69, 9.17) is 15.6 Å². The fourth-order valence-corrected chi connectivity index (χ4v) is 1.55. The van der Waals surface area contributed by atoms with E-state index in [1.54, 1.807) is 0 Å². The summed E-state index contributed by atoms with van der Waals surface area (Å²) >= 11 is 0. The Morgan fingerprint density at radius 2 is 2.07 bits per heavy atom. The molecule has 1 rings (SSSR count). The minimum absolute atomic E-state index is 0.382. The molecule has 0 aromatic heterocycles. The van der Waals surface area contributed by atoms with Crippen LogP contribution in [0.25, 0.3) is 0 Å². The summed E-state index contributed by atoms with van der Waals surface area (Å²) in [7, 11) is 0. The topological polar surface area (TPSA) is 125 Å². The highest BCUT2D eigenvalue weighted by molar-refractivity contribution is 5.73. The third kappa shape index (κ3) is 2.64. The van der Waals surface area contributed by atoms with Crippen LogP contribution in [0.4, 0.5) is 0 Å². The lowest BCUT2D eigenvalue weighted by atomic mass is 9.96. The maximum absolute atomic E-state index is 10.8. The van der Waals surface area contributed by atoms with Gasteiger partial charge in [0, 0.05) is 6.92 Å². The molecule has 1 aliphatic heterocycles. The molecule has 1 aliphatic rings. The maximum Gasteiger partial charge on any atom is 0.217 e. The Bertz CT molecular complexity index is 237. The van der Waals surface area contributed by atoms with Crippen LogP contribution in [-0.2, 0) is 9.53 Å². The van der Waals surface area contributed by atoms with Crippen LogP contribution < -0.4 is 11.1 Å². The van der Waals surface area contributed by atoms with Crippen molar-refractivity contribution < 1.29 is 24.9 Å². The van der Waals surface area contributed by atoms with Crippen molar-refractivity contribution in [3.63, 3.8) is 0 Å². The number of carbonyl (C=O) groups excluding carboxylic acids is 1. The summed E-state index contributed by atoms with van der Waals surface area (Å²) in [4.78, 5) is 10.8. The van der Waals surface area contributed by atoms with Crippen LogP contribution in [0.1, 0.15) is 6.92 Å². The molecule has 0 aromatic rings. The molecule has 0 radical (unpaired) electrons. The first-order valence-electron chi connectivity index (χ1n) is 4.62. The van der Waals surface area contributed by atoms with Crippen LogP contribution in [0.2, 0.25) is 0 Å². The third-order valence-electron chi connectivity index (χ3n) is 2.33. The quantitative estimate of drug-likeness (QED) is 0.335. The monoisotopic (exact) mass is 220 g/mol. The van der Waals surface area contributed by atoms with Gasteiger partial charge < -0.3 is 31.1 Å². The van der Waals surface area contributed by atoms with Crippen molar-refractivity contribution in [2.45, 2.75) is 37.5 Å². The molecule has 0 unspecified atom stereocenters. The smallest absolute Gasteiger partial charge is 0.217 e. The first-order valence-corrected chi connectivity index (χ1v) is 4.62. The first kappa shape index (κ1) is 12.3. The molecule has 15 heavy (non-hydrogen) atoms. The van der Waals surface area contributed by atoms with Crippen molar-refractivity contribution in [3.05, 3.63) is 0 Å². The summed E-state index contributed by atoms with van der Waals surface area (Å²) < 4.78 is 5.03. The predicted molar refractivity (Wildman–Crippen MR) is 49.6 cm³/mol. The van der Waals surface area contributed by atoms with E-state index in [1.165, 1.54) is 6.92 Å². The minimum atomic E-state index is -1.27. The molecule has 0 spiro atoms. The summed E-state index contributed by atoms with van der Waals surface area (Å²) in [5.74, 6) is -0.382. The molecule has 0 saturated carbocycles. The number of ether oxygens (including phenoxy) is 1. The molecule has 1 saturated heterocycles. The van der Waals surface area contributed by atoms with Crippen LogP contribution >= 0.6 is 0 Å². The van der Waals surface area contributed by atoms with Gasteiger partial charge in [0.05, 0.1) is 12.6 Å². The summed E-state index contributed by atoms with van der Waals surface area (Å²) in [6.45, 7) is 0.822. The predicted octanol–water partition coefficient (Wildman–Crippen LogP) is -3.11. The molecular weight excluding hydrogens is 204 g/mol. The second kappa shape index (κ2) is 4.86. The van der Waals surface area contributed by atoms with Gasteiger partial charge in [-0.1, -0.05) is 0 Å². The zero-order chi connectivity index (χ0) is 11.6. The fourth-order valence-electron chi connectivity index (χ4n) is 1.55. The van der Waals surface area contributed by atoms with Crippen LogP contribution in [0.15, 0.2) is 0 Å². The molecule has 1 amide bonds. The molecule has 5 atom stereocenters. The number of nitrogens with one attached hydrogen (secondary N) is 1. The highest BCUT2D eigenvalue weighted by Gasteiger charge is 2.42. The number of nitrogens with two attached hydrogens (primary N) is 1. The van der Waals surface area contributed by atoms with Crippen molar-refractivity contribution in [1.82, 2.24) is 5.32 Å². The first-order chi connectivity index (χ1) is 6.97. The summed E-state index contributed by atoms with van der Waals surface area (Å²) in [6.07, 6.45) is -4.41. The van der Waals surface area contributed by atoms with E-state index < -0.39 is 37.2 Å². The Morgan fingerprint density at radius 1 is 1.47 bits per heavy atom. The maximum atomic E-state index is 10.8. The highest BCUT2D eigenvalue weighted by Crippen LogP contribution is 2.18. The Hall–Kier alpha value is -0.730. The second-order valence-corrected chi connectivity index (χ2v) is 3.53. The van der Waals surface area contributed by atoms with Gasteiger partial charge in [-0.05, 0) is 0 Å². The van der Waals surface area contributed by atoms with Gasteiger partial charge in [-0.2, -0.15) is 0 Å². The second-order valence-electron chi connectivity index (χ2n) is 3.53. The van der Waals surface area contributed by atoms with E-state index in [0.717, 1.165) is 0 Å². The molecule has 6 N–H and O–H groups in total. The number of hydrogen-bond donors (Lipinski definition) is 5. The fraction of sp³-hybridized carbons (Fsp3) is 0.875. The number of hydrogen-bond acceptors (Lipinski definition) is 6. The molecule has 0 bridgehead atoms. The van der Waals surface area contributed by atoms with E-state index in [0.29, 0.717) is 0 Å². The average Bonchev–Trinajstić information content (AvgIpc) is 2.18. The molecule has 1 heterocycles. The molecule has 1 fully saturated rings. The number of aliphatic hydroxyl groups is 3. The van der Waals surface area contributed by atoms with Gasteiger partial charge >= 0.3 is 0 Å². The summed E-state index contributed by atoms with van der Waals surface area (Å²) in [6, 6.07) is -0.875. The van der Waals surface area contributed by atoms with Gasteiger partial charge in [0.15, 0.2) is 0 Å². The lowest BCUT2D eigenvalue weighted by Crippen LogP contribution is -2.66. The molecule has 0 aromatic carbocycles. The lowest BCUT2D eigenvalue weighted by Gasteiger charge is -2.40. The minimum Gasteiger partial charge on any atom is -0.394 e. The van der Waals surface area contributed by atoms with Gasteiger partial charge in [-0.3, -0.25) is 4.79 Å². The van der Waals surface area contributed by atoms with Crippen LogP contribution in [0.5, 0.6) is 0 Å². The third-order valence-corrected chi connectivity index (χ3v) is 2.33. The van der Waals surface area contributed by atoms with E-state index >= 15 is 0 Å². The lowest BCUT2D eigenvalue weighted by molar-refractivity contribution is -0.193. The molecule has 7 heteroatoms. The van der Waals surface area contributed by atoms with Crippen molar-refractivity contribution in [3.8, 4) is 0 Å². The normalized spacial score (nSPS) is 41.3. The van der Waals surface area contributed by atoms with Crippen molar-refractivity contribution in [1.29, 1.82) is 0 Å². The number of aliphatic hydroxyl groups excluding tert-OH is 3.